The van der Waals surface area contributed by atoms with Crippen LogP contribution in [0, 0.1) is 0 Å². The highest BCUT2D eigenvalue weighted by Crippen LogP contribution is 1.99. The SMILES string of the molecule is CCN(CC(=O)[O-])Cc1ccccn1. The third-order valence-electron chi connectivity index (χ3n) is 1.91. The zero-order valence-electron chi connectivity index (χ0n) is 8.14. The molecule has 1 aromatic rings. The molecule has 4 heteroatoms. The number of hydrogen-bond donors (Lipinski definition) is 0. The number of likely N-dealkylation sites (N-methyl/N-ethyl adjacent to an activating group) is 1. The highest BCUT2D eigenvalue weighted by Gasteiger charge is 2.03. The number of carboxylic acids is 1. The molecule has 14 heavy (non-hydrogen) atoms. The zero-order chi connectivity index (χ0) is 10.4. The Morgan fingerprint density at radius 2 is 2.36 bits per heavy atom. The van der Waals surface area contributed by atoms with E-state index in [0.717, 1.165) is 5.69 Å². The minimum atomic E-state index is -1.05. The molecule has 0 N–H and O–H groups in total. The predicted octanol–water partition coefficient (Wildman–Crippen LogP) is -0.347. The molecule has 0 saturated heterocycles. The molecule has 0 bridgehead atoms. The third-order valence-corrected chi connectivity index (χ3v) is 1.91. The number of carbonyl (C=O) groups excluding carboxylic acids is 1. The Labute approximate surface area is 83.2 Å². The minimum Gasteiger partial charge on any atom is -0.549 e. The monoisotopic (exact) mass is 193 g/mol. The van der Waals surface area contributed by atoms with Gasteiger partial charge in [-0.15, -0.1) is 0 Å². The fourth-order valence-corrected chi connectivity index (χ4v) is 1.18. The summed E-state index contributed by atoms with van der Waals surface area (Å²) in [5, 5.41) is 10.4. The lowest BCUT2D eigenvalue weighted by molar-refractivity contribution is -0.306. The Kier molecular flexibility index (Phi) is 4.07. The van der Waals surface area contributed by atoms with Crippen molar-refractivity contribution in [3.63, 3.8) is 0 Å². The van der Waals surface area contributed by atoms with Gasteiger partial charge < -0.3 is 9.90 Å². The lowest BCUT2D eigenvalue weighted by atomic mass is 10.3. The first-order valence-corrected chi connectivity index (χ1v) is 4.54. The highest BCUT2D eigenvalue weighted by molar-refractivity contribution is 5.66. The molecule has 4 nitrogen and oxygen atoms in total. The summed E-state index contributed by atoms with van der Waals surface area (Å²) in [5.41, 5.74) is 0.871. The maximum atomic E-state index is 10.4. The Hall–Kier alpha value is -1.42. The van der Waals surface area contributed by atoms with Crippen LogP contribution in [0.4, 0.5) is 0 Å². The molecule has 0 atom stereocenters. The number of nitrogens with zero attached hydrogens (tertiary/aromatic N) is 2. The van der Waals surface area contributed by atoms with Crippen LogP contribution in [0.2, 0.25) is 0 Å². The second kappa shape index (κ2) is 5.34. The Balaban J connectivity index is 2.53. The first kappa shape index (κ1) is 10.7. The predicted molar refractivity (Wildman–Crippen MR) is 50.2 cm³/mol. The van der Waals surface area contributed by atoms with Crippen LogP contribution in [0.1, 0.15) is 12.6 Å². The maximum Gasteiger partial charge on any atom is 0.0555 e. The fraction of sp³-hybridized carbons (Fsp3) is 0.400. The smallest absolute Gasteiger partial charge is 0.0555 e. The maximum absolute atomic E-state index is 10.4. The van der Waals surface area contributed by atoms with E-state index in [1.807, 2.05) is 25.1 Å². The van der Waals surface area contributed by atoms with Crippen LogP contribution in [-0.2, 0) is 11.3 Å². The molecule has 0 aliphatic rings. The van der Waals surface area contributed by atoms with Crippen molar-refractivity contribution >= 4 is 5.97 Å². The summed E-state index contributed by atoms with van der Waals surface area (Å²) in [6.45, 7) is 3.08. The second-order valence-corrected chi connectivity index (χ2v) is 3.00. The average Bonchev–Trinajstić information content (AvgIpc) is 2.17. The Bertz CT molecular complexity index is 287. The minimum absolute atomic E-state index is 0.0485. The van der Waals surface area contributed by atoms with E-state index in [9.17, 15) is 9.90 Å². The molecule has 0 spiro atoms. The van der Waals surface area contributed by atoms with Crippen molar-refractivity contribution in [2.75, 3.05) is 13.1 Å². The van der Waals surface area contributed by atoms with Crippen LogP contribution < -0.4 is 5.11 Å². The molecule has 1 rings (SSSR count). The van der Waals surface area contributed by atoms with Gasteiger partial charge in [0.05, 0.1) is 11.7 Å². The standard InChI is InChI=1S/C10H14N2O2/c1-2-12(8-10(13)14)7-9-5-3-4-6-11-9/h3-6H,2,7-8H2,1H3,(H,13,14)/p-1. The van der Waals surface area contributed by atoms with Crippen molar-refractivity contribution in [2.45, 2.75) is 13.5 Å². The first-order chi connectivity index (χ1) is 6.72. The molecule has 0 aromatic carbocycles. The van der Waals surface area contributed by atoms with Crippen LogP contribution in [0.25, 0.3) is 0 Å². The third kappa shape index (κ3) is 3.53. The van der Waals surface area contributed by atoms with E-state index in [-0.39, 0.29) is 6.54 Å². The van der Waals surface area contributed by atoms with Crippen molar-refractivity contribution in [2.24, 2.45) is 0 Å². The summed E-state index contributed by atoms with van der Waals surface area (Å²) in [6.07, 6.45) is 1.70. The molecule has 0 saturated carbocycles. The van der Waals surface area contributed by atoms with E-state index in [2.05, 4.69) is 4.98 Å². The molecule has 0 radical (unpaired) electrons. The summed E-state index contributed by atoms with van der Waals surface area (Å²) >= 11 is 0. The van der Waals surface area contributed by atoms with E-state index in [0.29, 0.717) is 13.1 Å². The van der Waals surface area contributed by atoms with Crippen LogP contribution in [0.3, 0.4) is 0 Å². The van der Waals surface area contributed by atoms with Crippen molar-refractivity contribution < 1.29 is 9.90 Å². The fourth-order valence-electron chi connectivity index (χ4n) is 1.18. The number of pyridine rings is 1. The van der Waals surface area contributed by atoms with Gasteiger partial charge in [-0.2, -0.15) is 0 Å². The van der Waals surface area contributed by atoms with E-state index in [4.69, 9.17) is 0 Å². The molecule has 1 aromatic heterocycles. The molecule has 0 amide bonds. The summed E-state index contributed by atoms with van der Waals surface area (Å²) in [6, 6.07) is 5.59. The van der Waals surface area contributed by atoms with Gasteiger partial charge in [-0.05, 0) is 18.7 Å². The number of aliphatic carboxylic acids is 1. The summed E-state index contributed by atoms with van der Waals surface area (Å²) < 4.78 is 0. The molecular weight excluding hydrogens is 180 g/mol. The Morgan fingerprint density at radius 3 is 2.86 bits per heavy atom. The Morgan fingerprint density at radius 1 is 1.57 bits per heavy atom. The van der Waals surface area contributed by atoms with Crippen LogP contribution in [-0.4, -0.2) is 28.9 Å². The number of carboxylic acid groups (broad SMARTS) is 1. The molecular formula is C10H13N2O2-. The van der Waals surface area contributed by atoms with Gasteiger partial charge in [-0.25, -0.2) is 0 Å². The van der Waals surface area contributed by atoms with Crippen molar-refractivity contribution in [3.05, 3.63) is 30.1 Å². The van der Waals surface area contributed by atoms with Crippen molar-refractivity contribution in [1.82, 2.24) is 9.88 Å². The number of rotatable bonds is 5. The lowest BCUT2D eigenvalue weighted by Crippen LogP contribution is -2.37. The van der Waals surface area contributed by atoms with E-state index in [1.165, 1.54) is 0 Å². The summed E-state index contributed by atoms with van der Waals surface area (Å²) in [5.74, 6) is -1.05. The second-order valence-electron chi connectivity index (χ2n) is 3.00. The molecule has 1 heterocycles. The van der Waals surface area contributed by atoms with Crippen molar-refractivity contribution in [3.8, 4) is 0 Å². The zero-order valence-corrected chi connectivity index (χ0v) is 8.14. The molecule has 0 unspecified atom stereocenters. The van der Waals surface area contributed by atoms with Gasteiger partial charge in [0.25, 0.3) is 0 Å². The molecule has 76 valence electrons. The van der Waals surface area contributed by atoms with Gasteiger partial charge in [0.2, 0.25) is 0 Å². The van der Waals surface area contributed by atoms with E-state index in [1.54, 1.807) is 11.1 Å². The van der Waals surface area contributed by atoms with Crippen LogP contribution in [0.15, 0.2) is 24.4 Å². The van der Waals surface area contributed by atoms with E-state index >= 15 is 0 Å². The summed E-state index contributed by atoms with van der Waals surface area (Å²) in [4.78, 5) is 16.3. The largest absolute Gasteiger partial charge is 0.549 e. The van der Waals surface area contributed by atoms with Gasteiger partial charge >= 0.3 is 0 Å². The molecule has 0 aliphatic heterocycles. The van der Waals surface area contributed by atoms with Gasteiger partial charge in [0.15, 0.2) is 0 Å². The highest BCUT2D eigenvalue weighted by atomic mass is 16.4. The van der Waals surface area contributed by atoms with Crippen molar-refractivity contribution in [1.29, 1.82) is 0 Å². The quantitative estimate of drug-likeness (QED) is 0.641. The normalized spacial score (nSPS) is 10.4. The average molecular weight is 193 g/mol. The van der Waals surface area contributed by atoms with Gasteiger partial charge in [0, 0.05) is 19.3 Å². The number of carbonyl (C=O) groups is 1. The molecule has 0 fully saturated rings. The topological polar surface area (TPSA) is 56.3 Å². The van der Waals surface area contributed by atoms with Gasteiger partial charge in [-0.1, -0.05) is 13.0 Å². The lowest BCUT2D eigenvalue weighted by Gasteiger charge is -2.19. The summed E-state index contributed by atoms with van der Waals surface area (Å²) in [7, 11) is 0. The van der Waals surface area contributed by atoms with Crippen LogP contribution in [0.5, 0.6) is 0 Å². The van der Waals surface area contributed by atoms with Gasteiger partial charge in [-0.3, -0.25) is 9.88 Å². The van der Waals surface area contributed by atoms with Gasteiger partial charge in [0.1, 0.15) is 0 Å². The molecule has 0 aliphatic carbocycles. The number of aromatic nitrogens is 1. The number of hydrogen-bond acceptors (Lipinski definition) is 4. The first-order valence-electron chi connectivity index (χ1n) is 4.54. The van der Waals surface area contributed by atoms with E-state index < -0.39 is 5.97 Å². The van der Waals surface area contributed by atoms with Crippen LogP contribution >= 0.6 is 0 Å².